The van der Waals surface area contributed by atoms with E-state index in [0.29, 0.717) is 18.1 Å². The van der Waals surface area contributed by atoms with Crippen molar-refractivity contribution in [3.8, 4) is 0 Å². The highest BCUT2D eigenvalue weighted by atomic mass is 16.5. The van der Waals surface area contributed by atoms with Crippen molar-refractivity contribution in [2.24, 2.45) is 23.7 Å². The first-order valence-electron chi connectivity index (χ1n) is 6.91. The first-order valence-corrected chi connectivity index (χ1v) is 6.91. The topological polar surface area (TPSA) is 9.23 Å². The maximum absolute atomic E-state index is 6.22. The average molecular weight is 222 g/mol. The van der Waals surface area contributed by atoms with E-state index in [0.717, 1.165) is 17.8 Å². The predicted octanol–water partition coefficient (Wildman–Crippen LogP) is 4.04. The molecule has 0 aromatic heterocycles. The summed E-state index contributed by atoms with van der Waals surface area (Å²) < 4.78 is 6.22. The van der Waals surface area contributed by atoms with Crippen LogP contribution in [0.25, 0.3) is 0 Å². The van der Waals surface area contributed by atoms with Crippen molar-refractivity contribution in [2.75, 3.05) is 0 Å². The lowest BCUT2D eigenvalue weighted by molar-refractivity contribution is -0.109. The summed E-state index contributed by atoms with van der Waals surface area (Å²) in [5.41, 5.74) is 0. The Hall–Kier alpha value is -0.300. The fourth-order valence-electron chi connectivity index (χ4n) is 3.32. The molecule has 16 heavy (non-hydrogen) atoms. The molecule has 0 amide bonds. The minimum Gasteiger partial charge on any atom is -0.375 e. The molecule has 0 aromatic carbocycles. The van der Waals surface area contributed by atoms with Gasteiger partial charge < -0.3 is 4.74 Å². The van der Waals surface area contributed by atoms with Crippen LogP contribution in [0, 0.1) is 23.7 Å². The molecule has 0 radical (unpaired) electrons. The van der Waals surface area contributed by atoms with Gasteiger partial charge in [0.05, 0.1) is 12.2 Å². The molecule has 6 unspecified atom stereocenters. The summed E-state index contributed by atoms with van der Waals surface area (Å²) in [4.78, 5) is 0. The van der Waals surface area contributed by atoms with Crippen molar-refractivity contribution in [1.29, 1.82) is 0 Å². The van der Waals surface area contributed by atoms with Gasteiger partial charge in [-0.1, -0.05) is 32.9 Å². The summed E-state index contributed by atoms with van der Waals surface area (Å²) in [5.74, 6) is 2.89. The van der Waals surface area contributed by atoms with E-state index in [-0.39, 0.29) is 0 Å². The Bertz CT molecular complexity index is 258. The molecular formula is C15H26O. The normalized spacial score (nSPS) is 49.2. The molecule has 0 spiro atoms. The first-order chi connectivity index (χ1) is 7.58. The van der Waals surface area contributed by atoms with Crippen molar-refractivity contribution in [2.45, 2.75) is 59.2 Å². The van der Waals surface area contributed by atoms with E-state index >= 15 is 0 Å². The summed E-state index contributed by atoms with van der Waals surface area (Å²) >= 11 is 0. The maximum atomic E-state index is 6.22. The van der Waals surface area contributed by atoms with Crippen LogP contribution < -0.4 is 0 Å². The van der Waals surface area contributed by atoms with Gasteiger partial charge in [-0.3, -0.25) is 0 Å². The Kier molecular flexibility index (Phi) is 3.73. The molecule has 6 atom stereocenters. The zero-order valence-corrected chi connectivity index (χ0v) is 11.1. The van der Waals surface area contributed by atoms with Crippen LogP contribution >= 0.6 is 0 Å². The van der Waals surface area contributed by atoms with Gasteiger partial charge in [0.1, 0.15) is 0 Å². The monoisotopic (exact) mass is 222 g/mol. The first kappa shape index (κ1) is 12.2. The average Bonchev–Trinajstić information content (AvgIpc) is 2.25. The Morgan fingerprint density at radius 1 is 1.00 bits per heavy atom. The van der Waals surface area contributed by atoms with Crippen LogP contribution in [0.2, 0.25) is 0 Å². The summed E-state index contributed by atoms with van der Waals surface area (Å²) in [7, 11) is 0. The number of hydrogen-bond donors (Lipinski definition) is 0. The Labute approximate surface area is 100 Å². The maximum Gasteiger partial charge on any atom is 0.0638 e. The minimum absolute atomic E-state index is 0.467. The lowest BCUT2D eigenvalue weighted by Gasteiger charge is -2.42. The van der Waals surface area contributed by atoms with Crippen LogP contribution in [0.1, 0.15) is 47.0 Å². The van der Waals surface area contributed by atoms with Gasteiger partial charge in [0.15, 0.2) is 0 Å². The second-order valence-corrected chi connectivity index (χ2v) is 6.09. The predicted molar refractivity (Wildman–Crippen MR) is 68.3 cm³/mol. The molecule has 2 rings (SSSR count). The van der Waals surface area contributed by atoms with E-state index in [1.807, 2.05) is 0 Å². The molecular weight excluding hydrogens is 196 g/mol. The van der Waals surface area contributed by atoms with Gasteiger partial charge in [-0.25, -0.2) is 0 Å². The van der Waals surface area contributed by atoms with Gasteiger partial charge in [0, 0.05) is 0 Å². The van der Waals surface area contributed by atoms with Crippen LogP contribution in [0.5, 0.6) is 0 Å². The molecule has 0 saturated carbocycles. The van der Waals surface area contributed by atoms with Gasteiger partial charge in [0.25, 0.3) is 0 Å². The summed E-state index contributed by atoms with van der Waals surface area (Å²) in [6.07, 6.45) is 9.61. The Morgan fingerprint density at radius 2 is 1.75 bits per heavy atom. The Balaban J connectivity index is 2.07. The molecule has 0 bridgehead atoms. The SMILES string of the molecule is CC1C=CC(C)C(C2OC(C)CCC2C)C1. The molecule has 1 heterocycles. The van der Waals surface area contributed by atoms with E-state index in [1.165, 1.54) is 19.3 Å². The molecule has 1 nitrogen and oxygen atoms in total. The summed E-state index contributed by atoms with van der Waals surface area (Å²) in [6.45, 7) is 9.27. The minimum atomic E-state index is 0.467. The molecule has 1 saturated heterocycles. The van der Waals surface area contributed by atoms with Crippen LogP contribution in [-0.2, 0) is 4.74 Å². The third-order valence-corrected chi connectivity index (χ3v) is 4.46. The summed E-state index contributed by atoms with van der Waals surface area (Å²) in [5, 5.41) is 0. The molecule has 0 N–H and O–H groups in total. The van der Waals surface area contributed by atoms with Crippen molar-refractivity contribution in [3.05, 3.63) is 12.2 Å². The highest BCUT2D eigenvalue weighted by Gasteiger charge is 2.36. The number of hydrogen-bond acceptors (Lipinski definition) is 1. The third-order valence-electron chi connectivity index (χ3n) is 4.46. The third kappa shape index (κ3) is 2.51. The van der Waals surface area contributed by atoms with E-state index < -0.39 is 0 Å². The quantitative estimate of drug-likeness (QED) is 0.608. The zero-order valence-electron chi connectivity index (χ0n) is 11.1. The van der Waals surface area contributed by atoms with Crippen molar-refractivity contribution in [1.82, 2.24) is 0 Å². The molecule has 92 valence electrons. The van der Waals surface area contributed by atoms with E-state index in [1.54, 1.807) is 0 Å². The van der Waals surface area contributed by atoms with Crippen LogP contribution in [0.4, 0.5) is 0 Å². The van der Waals surface area contributed by atoms with Gasteiger partial charge in [0.2, 0.25) is 0 Å². The molecule has 1 aliphatic heterocycles. The van der Waals surface area contributed by atoms with E-state index in [2.05, 4.69) is 39.8 Å². The fourth-order valence-corrected chi connectivity index (χ4v) is 3.32. The molecule has 1 heteroatoms. The molecule has 1 fully saturated rings. The molecule has 2 aliphatic rings. The van der Waals surface area contributed by atoms with E-state index in [4.69, 9.17) is 4.74 Å². The largest absolute Gasteiger partial charge is 0.375 e. The fraction of sp³-hybridized carbons (Fsp3) is 0.867. The highest BCUT2D eigenvalue weighted by Crippen LogP contribution is 2.38. The second kappa shape index (κ2) is 4.91. The van der Waals surface area contributed by atoms with Crippen LogP contribution in [0.3, 0.4) is 0 Å². The van der Waals surface area contributed by atoms with Gasteiger partial charge in [-0.2, -0.15) is 0 Å². The molecule has 0 aromatic rings. The van der Waals surface area contributed by atoms with Gasteiger partial charge >= 0.3 is 0 Å². The van der Waals surface area contributed by atoms with Crippen LogP contribution in [0.15, 0.2) is 12.2 Å². The lowest BCUT2D eigenvalue weighted by Crippen LogP contribution is -2.41. The highest BCUT2D eigenvalue weighted by molar-refractivity contribution is 5.01. The standard InChI is InChI=1S/C15H26O/c1-10-5-6-11(2)14(9-10)15-12(3)7-8-13(4)16-15/h5-6,10-15H,7-9H2,1-4H3. The van der Waals surface area contributed by atoms with E-state index in [9.17, 15) is 0 Å². The van der Waals surface area contributed by atoms with Crippen molar-refractivity contribution in [3.63, 3.8) is 0 Å². The zero-order chi connectivity index (χ0) is 11.7. The lowest BCUT2D eigenvalue weighted by atomic mass is 9.72. The second-order valence-electron chi connectivity index (χ2n) is 6.09. The number of rotatable bonds is 1. The summed E-state index contributed by atoms with van der Waals surface area (Å²) in [6, 6.07) is 0. The van der Waals surface area contributed by atoms with Crippen molar-refractivity contribution >= 4 is 0 Å². The van der Waals surface area contributed by atoms with Crippen molar-refractivity contribution < 1.29 is 4.74 Å². The van der Waals surface area contributed by atoms with Crippen LogP contribution in [-0.4, -0.2) is 12.2 Å². The number of allylic oxidation sites excluding steroid dienone is 2. The molecule has 1 aliphatic carbocycles. The van der Waals surface area contributed by atoms with Gasteiger partial charge in [-0.05, 0) is 49.9 Å². The van der Waals surface area contributed by atoms with Gasteiger partial charge in [-0.15, -0.1) is 0 Å². The smallest absolute Gasteiger partial charge is 0.0638 e. The Morgan fingerprint density at radius 3 is 2.50 bits per heavy atom. The number of ether oxygens (including phenoxy) is 1.